The topological polar surface area (TPSA) is 70.6 Å². The number of nitrogens with one attached hydrogen (secondary N) is 2. The number of hydrogen-bond donors (Lipinski definition) is 3. The molecule has 0 bridgehead atoms. The lowest BCUT2D eigenvalue weighted by molar-refractivity contribution is -0.122. The highest BCUT2D eigenvalue weighted by atomic mass is 16.5. The third-order valence-electron chi connectivity index (χ3n) is 2.80. The molecule has 2 unspecified atom stereocenters. The Labute approximate surface area is 96.6 Å². The van der Waals surface area contributed by atoms with Gasteiger partial charge in [-0.2, -0.15) is 0 Å². The summed E-state index contributed by atoms with van der Waals surface area (Å²) >= 11 is 0. The van der Waals surface area contributed by atoms with E-state index in [1.165, 1.54) is 0 Å². The van der Waals surface area contributed by atoms with Crippen LogP contribution in [0.2, 0.25) is 0 Å². The Kier molecular flexibility index (Phi) is 6.37. The molecule has 1 saturated heterocycles. The first-order valence-corrected chi connectivity index (χ1v) is 5.88. The van der Waals surface area contributed by atoms with Crippen LogP contribution in [0.1, 0.15) is 25.7 Å². The molecule has 3 N–H and O–H groups in total. The zero-order chi connectivity index (χ0) is 11.8. The molecule has 5 nitrogen and oxygen atoms in total. The molecule has 0 radical (unpaired) electrons. The standard InChI is InChI=1S/C11H22N2O3/c1-16-8-10(4-6-14)13-11(15)7-9-3-2-5-12-9/h9-10,12,14H,2-8H2,1H3,(H,13,15). The van der Waals surface area contributed by atoms with Crippen molar-refractivity contribution < 1.29 is 14.6 Å². The molecule has 5 heteroatoms. The van der Waals surface area contributed by atoms with Crippen molar-refractivity contribution in [1.82, 2.24) is 10.6 Å². The second kappa shape index (κ2) is 7.60. The monoisotopic (exact) mass is 230 g/mol. The van der Waals surface area contributed by atoms with E-state index in [1.54, 1.807) is 7.11 Å². The van der Waals surface area contributed by atoms with Gasteiger partial charge in [-0.05, 0) is 25.8 Å². The van der Waals surface area contributed by atoms with Crippen LogP contribution in [0.5, 0.6) is 0 Å². The molecule has 1 heterocycles. The summed E-state index contributed by atoms with van der Waals surface area (Å²) in [6, 6.07) is 0.237. The van der Waals surface area contributed by atoms with Crippen LogP contribution in [0.25, 0.3) is 0 Å². The van der Waals surface area contributed by atoms with Crippen molar-refractivity contribution in [1.29, 1.82) is 0 Å². The Morgan fingerprint density at radius 2 is 2.50 bits per heavy atom. The maximum Gasteiger partial charge on any atom is 0.221 e. The minimum Gasteiger partial charge on any atom is -0.396 e. The van der Waals surface area contributed by atoms with Crippen LogP contribution in [0.15, 0.2) is 0 Å². The van der Waals surface area contributed by atoms with Gasteiger partial charge in [0, 0.05) is 26.2 Å². The first kappa shape index (κ1) is 13.4. The summed E-state index contributed by atoms with van der Waals surface area (Å²) in [4.78, 5) is 11.7. The molecule has 0 aromatic heterocycles. The van der Waals surface area contributed by atoms with E-state index in [0.29, 0.717) is 25.5 Å². The second-order valence-electron chi connectivity index (χ2n) is 4.23. The lowest BCUT2D eigenvalue weighted by atomic mass is 10.1. The van der Waals surface area contributed by atoms with Gasteiger partial charge in [-0.3, -0.25) is 4.79 Å². The van der Waals surface area contributed by atoms with Crippen molar-refractivity contribution >= 4 is 5.91 Å². The highest BCUT2D eigenvalue weighted by Gasteiger charge is 2.19. The Hall–Kier alpha value is -0.650. The van der Waals surface area contributed by atoms with Crippen LogP contribution in [0.3, 0.4) is 0 Å². The van der Waals surface area contributed by atoms with E-state index < -0.39 is 0 Å². The predicted octanol–water partition coefficient (Wildman–Crippen LogP) is -0.358. The van der Waals surface area contributed by atoms with Crippen molar-refractivity contribution in [3.63, 3.8) is 0 Å². The van der Waals surface area contributed by atoms with Crippen LogP contribution >= 0.6 is 0 Å². The number of rotatable bonds is 7. The number of carbonyl (C=O) groups excluding carboxylic acids is 1. The summed E-state index contributed by atoms with van der Waals surface area (Å²) in [6.45, 7) is 1.52. The lowest BCUT2D eigenvalue weighted by Gasteiger charge is -2.18. The average Bonchev–Trinajstić information content (AvgIpc) is 2.71. The Morgan fingerprint density at radius 3 is 3.06 bits per heavy atom. The molecule has 0 aromatic carbocycles. The first-order chi connectivity index (χ1) is 7.76. The van der Waals surface area contributed by atoms with Gasteiger partial charge in [-0.15, -0.1) is 0 Å². The van der Waals surface area contributed by atoms with Crippen LogP contribution in [-0.2, 0) is 9.53 Å². The summed E-state index contributed by atoms with van der Waals surface area (Å²) in [6.07, 6.45) is 3.28. The van der Waals surface area contributed by atoms with Crippen LogP contribution in [0, 0.1) is 0 Å². The van der Waals surface area contributed by atoms with Gasteiger partial charge in [0.25, 0.3) is 0 Å². The van der Waals surface area contributed by atoms with Gasteiger partial charge in [-0.1, -0.05) is 0 Å². The summed E-state index contributed by atoms with van der Waals surface area (Å²) in [7, 11) is 1.59. The fourth-order valence-electron chi connectivity index (χ4n) is 2.00. The third-order valence-corrected chi connectivity index (χ3v) is 2.80. The van der Waals surface area contributed by atoms with Crippen LogP contribution in [-0.4, -0.2) is 50.0 Å². The Morgan fingerprint density at radius 1 is 1.69 bits per heavy atom. The number of ether oxygens (including phenoxy) is 1. The predicted molar refractivity (Wildman–Crippen MR) is 61.2 cm³/mol. The van der Waals surface area contributed by atoms with E-state index >= 15 is 0 Å². The fraction of sp³-hybridized carbons (Fsp3) is 0.909. The zero-order valence-electron chi connectivity index (χ0n) is 9.87. The van der Waals surface area contributed by atoms with Gasteiger partial charge in [0.15, 0.2) is 0 Å². The smallest absolute Gasteiger partial charge is 0.221 e. The van der Waals surface area contributed by atoms with E-state index in [-0.39, 0.29) is 18.6 Å². The second-order valence-corrected chi connectivity index (χ2v) is 4.23. The minimum atomic E-state index is -0.0797. The molecule has 94 valence electrons. The van der Waals surface area contributed by atoms with Gasteiger partial charge in [0.2, 0.25) is 5.91 Å². The summed E-state index contributed by atoms with van der Waals surface area (Å²) in [5, 5.41) is 15.0. The third kappa shape index (κ3) is 4.92. The maximum absolute atomic E-state index is 11.7. The lowest BCUT2D eigenvalue weighted by Crippen LogP contribution is -2.41. The Bertz CT molecular complexity index is 199. The van der Waals surface area contributed by atoms with Crippen LogP contribution < -0.4 is 10.6 Å². The van der Waals surface area contributed by atoms with E-state index in [0.717, 1.165) is 19.4 Å². The summed E-state index contributed by atoms with van der Waals surface area (Å²) < 4.78 is 4.99. The number of aliphatic hydroxyl groups excluding tert-OH is 1. The number of hydrogen-bond acceptors (Lipinski definition) is 4. The highest BCUT2D eigenvalue weighted by molar-refractivity contribution is 5.76. The molecule has 1 amide bonds. The summed E-state index contributed by atoms with van der Waals surface area (Å²) in [5.74, 6) is 0.0369. The molecule has 0 aliphatic carbocycles. The fourth-order valence-corrected chi connectivity index (χ4v) is 2.00. The van der Waals surface area contributed by atoms with E-state index in [4.69, 9.17) is 9.84 Å². The SMILES string of the molecule is COCC(CCO)NC(=O)CC1CCCN1. The van der Waals surface area contributed by atoms with Gasteiger partial charge in [0.1, 0.15) is 0 Å². The van der Waals surface area contributed by atoms with Crippen molar-refractivity contribution in [3.8, 4) is 0 Å². The number of methoxy groups -OCH3 is 1. The highest BCUT2D eigenvalue weighted by Crippen LogP contribution is 2.08. The quantitative estimate of drug-likeness (QED) is 0.559. The van der Waals surface area contributed by atoms with Gasteiger partial charge in [-0.25, -0.2) is 0 Å². The average molecular weight is 230 g/mol. The molecule has 1 aliphatic rings. The first-order valence-electron chi connectivity index (χ1n) is 5.88. The van der Waals surface area contributed by atoms with Crippen molar-refractivity contribution in [2.45, 2.75) is 37.8 Å². The molecule has 2 atom stereocenters. The molecule has 0 aromatic rings. The maximum atomic E-state index is 11.7. The molecule has 1 fully saturated rings. The largest absolute Gasteiger partial charge is 0.396 e. The normalized spacial score (nSPS) is 22.0. The van der Waals surface area contributed by atoms with E-state index in [9.17, 15) is 4.79 Å². The van der Waals surface area contributed by atoms with E-state index in [1.807, 2.05) is 0 Å². The molecule has 1 aliphatic heterocycles. The van der Waals surface area contributed by atoms with Crippen molar-refractivity contribution in [3.05, 3.63) is 0 Å². The zero-order valence-corrected chi connectivity index (χ0v) is 9.87. The van der Waals surface area contributed by atoms with E-state index in [2.05, 4.69) is 10.6 Å². The molecular weight excluding hydrogens is 208 g/mol. The molecule has 1 rings (SSSR count). The number of aliphatic hydroxyl groups is 1. The molecular formula is C11H22N2O3. The van der Waals surface area contributed by atoms with Crippen LogP contribution in [0.4, 0.5) is 0 Å². The summed E-state index contributed by atoms with van der Waals surface area (Å²) in [5.41, 5.74) is 0. The van der Waals surface area contributed by atoms with Crippen molar-refractivity contribution in [2.75, 3.05) is 26.9 Å². The molecule has 0 spiro atoms. The number of amides is 1. The molecule has 0 saturated carbocycles. The minimum absolute atomic E-state index is 0.0369. The number of carbonyl (C=O) groups is 1. The van der Waals surface area contributed by atoms with Gasteiger partial charge in [0.05, 0.1) is 12.6 Å². The van der Waals surface area contributed by atoms with Gasteiger partial charge < -0.3 is 20.5 Å². The van der Waals surface area contributed by atoms with Gasteiger partial charge >= 0.3 is 0 Å². The van der Waals surface area contributed by atoms with Crippen molar-refractivity contribution in [2.24, 2.45) is 0 Å². The molecule has 16 heavy (non-hydrogen) atoms. The Balaban J connectivity index is 2.23.